The minimum Gasteiger partial charge on any atom is -0.426 e. The zero-order valence-corrected chi connectivity index (χ0v) is 26.1. The van der Waals surface area contributed by atoms with Crippen molar-refractivity contribution in [1.82, 2.24) is 4.90 Å². The van der Waals surface area contributed by atoms with Gasteiger partial charge in [0.2, 0.25) is 0 Å². The maximum atomic E-state index is 12.6. The molecule has 0 saturated carbocycles. The number of ether oxygens (including phenoxy) is 1. The molecule has 0 N–H and O–H groups in total. The molecule has 5 rings (SSSR count). The third-order valence-corrected chi connectivity index (χ3v) is 8.50. The summed E-state index contributed by atoms with van der Waals surface area (Å²) in [6, 6.07) is 20.4. The molecule has 1 aliphatic carbocycles. The van der Waals surface area contributed by atoms with Crippen molar-refractivity contribution >= 4 is 46.4 Å². The molecule has 0 amide bonds. The van der Waals surface area contributed by atoms with Crippen LogP contribution < -0.4 is 4.74 Å². The molecule has 3 nitrogen and oxygen atoms in total. The van der Waals surface area contributed by atoms with Crippen LogP contribution in [-0.2, 0) is 11.2 Å². The SMILES string of the molecule is CC(C)(C)C(=O)Oc1ccc2c(c1)CCCC(c1ccc(Cl)cc1Cl)=C2c1ccc(/C=C2/CCN(CCCF)C2)cc1. The van der Waals surface area contributed by atoms with E-state index in [9.17, 15) is 9.18 Å². The number of aryl methyl sites for hydroxylation is 1. The van der Waals surface area contributed by atoms with E-state index in [0.717, 1.165) is 78.7 Å². The number of likely N-dealkylation sites (tertiary alicyclic amines) is 1. The lowest BCUT2D eigenvalue weighted by atomic mass is 9.87. The lowest BCUT2D eigenvalue weighted by Crippen LogP contribution is -2.25. The Morgan fingerprint density at radius 3 is 2.45 bits per heavy atom. The van der Waals surface area contributed by atoms with E-state index in [4.69, 9.17) is 27.9 Å². The molecule has 0 bridgehead atoms. The van der Waals surface area contributed by atoms with E-state index in [1.807, 2.05) is 45.0 Å². The second-order valence-corrected chi connectivity index (χ2v) is 13.1. The fourth-order valence-corrected chi connectivity index (χ4v) is 6.26. The minimum atomic E-state index is -0.585. The summed E-state index contributed by atoms with van der Waals surface area (Å²) in [7, 11) is 0. The third kappa shape index (κ3) is 7.16. The Morgan fingerprint density at radius 1 is 0.976 bits per heavy atom. The van der Waals surface area contributed by atoms with Gasteiger partial charge < -0.3 is 4.74 Å². The van der Waals surface area contributed by atoms with Crippen molar-refractivity contribution < 1.29 is 13.9 Å². The van der Waals surface area contributed by atoms with Gasteiger partial charge in [0.25, 0.3) is 0 Å². The Hall–Kier alpha value is -2.92. The number of hydrogen-bond acceptors (Lipinski definition) is 3. The largest absolute Gasteiger partial charge is 0.426 e. The molecule has 1 aliphatic heterocycles. The van der Waals surface area contributed by atoms with Crippen LogP contribution in [0.25, 0.3) is 17.2 Å². The quantitative estimate of drug-likeness (QED) is 0.198. The standard InChI is InChI=1S/C36H38Cl2FNO2/c1-36(2,3)35(41)42-29-13-15-30-27(21-29)6-4-7-32(31-14-12-28(37)22-33(31)38)34(30)26-10-8-24(9-11-26)20-25-16-19-40(23-25)18-5-17-39/h8-15,20-22H,4-7,16-19,23H2,1-3H3/b25-20-. The smallest absolute Gasteiger partial charge is 0.316 e. The molecule has 0 unspecified atom stereocenters. The first kappa shape index (κ1) is 30.5. The van der Waals surface area contributed by atoms with E-state index in [1.54, 1.807) is 6.07 Å². The van der Waals surface area contributed by atoms with Crippen LogP contribution in [0.15, 0.2) is 66.2 Å². The summed E-state index contributed by atoms with van der Waals surface area (Å²) in [5, 5.41) is 1.24. The zero-order valence-electron chi connectivity index (χ0n) is 24.6. The molecule has 3 aromatic rings. The van der Waals surface area contributed by atoms with Crippen LogP contribution in [0.4, 0.5) is 4.39 Å². The Labute approximate surface area is 259 Å². The Kier molecular flexibility index (Phi) is 9.57. The Balaban J connectivity index is 1.54. The summed E-state index contributed by atoms with van der Waals surface area (Å²) < 4.78 is 18.4. The number of carbonyl (C=O) groups excluding carboxylic acids is 1. The number of nitrogens with zero attached hydrogens (tertiary/aromatic N) is 1. The number of benzene rings is 3. The summed E-state index contributed by atoms with van der Waals surface area (Å²) in [5.74, 6) is 0.318. The van der Waals surface area contributed by atoms with Gasteiger partial charge in [-0.1, -0.05) is 71.2 Å². The topological polar surface area (TPSA) is 29.5 Å². The number of alkyl halides is 1. The molecule has 42 heavy (non-hydrogen) atoms. The van der Waals surface area contributed by atoms with Crippen molar-refractivity contribution in [2.45, 2.75) is 52.9 Å². The predicted octanol–water partition coefficient (Wildman–Crippen LogP) is 9.69. The first-order chi connectivity index (χ1) is 20.1. The van der Waals surface area contributed by atoms with Gasteiger partial charge >= 0.3 is 5.97 Å². The van der Waals surface area contributed by atoms with Gasteiger partial charge in [-0.15, -0.1) is 0 Å². The van der Waals surface area contributed by atoms with Crippen molar-refractivity contribution in [3.63, 3.8) is 0 Å². The predicted molar refractivity (Wildman–Crippen MR) is 173 cm³/mol. The van der Waals surface area contributed by atoms with Crippen molar-refractivity contribution in [3.8, 4) is 5.75 Å². The number of allylic oxidation sites excluding steroid dienone is 1. The van der Waals surface area contributed by atoms with Gasteiger partial charge in [-0.2, -0.15) is 0 Å². The molecule has 0 spiro atoms. The summed E-state index contributed by atoms with van der Waals surface area (Å²) in [6.45, 7) is 8.02. The van der Waals surface area contributed by atoms with Gasteiger partial charge in [0.05, 0.1) is 12.1 Å². The molecule has 2 aliphatic rings. The van der Waals surface area contributed by atoms with Crippen LogP contribution in [0.3, 0.4) is 0 Å². The molecular formula is C36H38Cl2FNO2. The molecule has 1 fully saturated rings. The maximum absolute atomic E-state index is 12.6. The molecular weight excluding hydrogens is 568 g/mol. The molecule has 220 valence electrons. The second-order valence-electron chi connectivity index (χ2n) is 12.3. The van der Waals surface area contributed by atoms with E-state index in [2.05, 4.69) is 41.3 Å². The van der Waals surface area contributed by atoms with Crippen molar-refractivity contribution in [3.05, 3.63) is 104 Å². The first-order valence-corrected chi connectivity index (χ1v) is 15.5. The Morgan fingerprint density at radius 2 is 1.74 bits per heavy atom. The van der Waals surface area contributed by atoms with Gasteiger partial charge in [0.1, 0.15) is 5.75 Å². The molecule has 1 heterocycles. The number of rotatable bonds is 7. The zero-order chi connectivity index (χ0) is 29.9. The van der Waals surface area contributed by atoms with E-state index in [-0.39, 0.29) is 12.6 Å². The summed E-state index contributed by atoms with van der Waals surface area (Å²) in [6.07, 6.45) is 6.53. The average molecular weight is 607 g/mol. The van der Waals surface area contributed by atoms with Crippen LogP contribution in [0.5, 0.6) is 5.75 Å². The normalized spacial score (nSPS) is 17.0. The van der Waals surface area contributed by atoms with E-state index in [0.29, 0.717) is 22.2 Å². The molecule has 1 saturated heterocycles. The Bertz CT molecular complexity index is 1520. The third-order valence-electron chi connectivity index (χ3n) is 7.95. The number of fused-ring (bicyclic) bond motifs is 1. The van der Waals surface area contributed by atoms with Gasteiger partial charge in [0.15, 0.2) is 0 Å². The number of halogens is 3. The van der Waals surface area contributed by atoms with Gasteiger partial charge in [0, 0.05) is 29.7 Å². The summed E-state index contributed by atoms with van der Waals surface area (Å²) in [4.78, 5) is 14.9. The fraction of sp³-hybridized carbons (Fsp3) is 0.361. The lowest BCUT2D eigenvalue weighted by molar-refractivity contribution is -0.143. The highest BCUT2D eigenvalue weighted by Gasteiger charge is 2.26. The monoisotopic (exact) mass is 605 g/mol. The van der Waals surface area contributed by atoms with E-state index < -0.39 is 5.41 Å². The summed E-state index contributed by atoms with van der Waals surface area (Å²) >= 11 is 13.0. The maximum Gasteiger partial charge on any atom is 0.316 e. The van der Waals surface area contributed by atoms with Crippen LogP contribution in [0, 0.1) is 5.41 Å². The van der Waals surface area contributed by atoms with Crippen molar-refractivity contribution in [1.29, 1.82) is 0 Å². The highest BCUT2D eigenvalue weighted by Crippen LogP contribution is 2.43. The number of hydrogen-bond donors (Lipinski definition) is 0. The molecule has 3 aromatic carbocycles. The second kappa shape index (κ2) is 13.2. The molecule has 6 heteroatoms. The van der Waals surface area contributed by atoms with Crippen molar-refractivity contribution in [2.24, 2.45) is 5.41 Å². The van der Waals surface area contributed by atoms with Crippen LogP contribution in [0.2, 0.25) is 10.0 Å². The minimum absolute atomic E-state index is 0.252. The fourth-order valence-electron chi connectivity index (χ4n) is 5.74. The molecule has 0 aromatic heterocycles. The van der Waals surface area contributed by atoms with Crippen LogP contribution >= 0.6 is 23.2 Å². The molecule has 0 atom stereocenters. The first-order valence-electron chi connectivity index (χ1n) is 14.7. The lowest BCUT2D eigenvalue weighted by Gasteiger charge is -2.19. The number of esters is 1. The number of carbonyl (C=O) groups is 1. The average Bonchev–Trinajstić information content (AvgIpc) is 3.31. The van der Waals surface area contributed by atoms with E-state index >= 15 is 0 Å². The van der Waals surface area contributed by atoms with Gasteiger partial charge in [-0.3, -0.25) is 14.1 Å². The van der Waals surface area contributed by atoms with Crippen LogP contribution in [0.1, 0.15) is 74.3 Å². The molecule has 0 radical (unpaired) electrons. The highest BCUT2D eigenvalue weighted by molar-refractivity contribution is 6.36. The van der Waals surface area contributed by atoms with Crippen molar-refractivity contribution in [2.75, 3.05) is 26.3 Å². The van der Waals surface area contributed by atoms with E-state index in [1.165, 1.54) is 11.1 Å². The summed E-state index contributed by atoms with van der Waals surface area (Å²) in [5.41, 5.74) is 8.63. The highest BCUT2D eigenvalue weighted by atomic mass is 35.5. The van der Waals surface area contributed by atoms with Gasteiger partial charge in [-0.25, -0.2) is 0 Å². The van der Waals surface area contributed by atoms with Gasteiger partial charge in [-0.05, 0) is 116 Å². The van der Waals surface area contributed by atoms with Crippen LogP contribution in [-0.4, -0.2) is 37.2 Å².